The quantitative estimate of drug-likeness (QED) is 0.772. The number of aliphatic hydroxyl groups excluding tert-OH is 1. The molecule has 1 unspecified atom stereocenters. The number of amides is 1. The van der Waals surface area contributed by atoms with Crippen LogP contribution in [0.4, 0.5) is 5.69 Å². The van der Waals surface area contributed by atoms with Gasteiger partial charge in [-0.2, -0.15) is 0 Å². The van der Waals surface area contributed by atoms with Gasteiger partial charge in [0.15, 0.2) is 0 Å². The van der Waals surface area contributed by atoms with Crippen LogP contribution in [0.1, 0.15) is 32.8 Å². The summed E-state index contributed by atoms with van der Waals surface area (Å²) in [7, 11) is 0. The fourth-order valence-electron chi connectivity index (χ4n) is 2.47. The van der Waals surface area contributed by atoms with Crippen LogP contribution < -0.4 is 15.4 Å². The Morgan fingerprint density at radius 2 is 2.14 bits per heavy atom. The number of aliphatic hydroxyl groups is 1. The summed E-state index contributed by atoms with van der Waals surface area (Å²) in [5, 5.41) is 15.6. The minimum absolute atomic E-state index is 0.0169. The molecule has 1 atom stereocenters. The molecule has 5 nitrogen and oxygen atoms in total. The monoisotopic (exact) mass is 292 g/mol. The maximum Gasteiger partial charge on any atom is 0.224 e. The second-order valence-electron chi connectivity index (χ2n) is 6.42. The van der Waals surface area contributed by atoms with Gasteiger partial charge in [-0.1, -0.05) is 6.07 Å². The van der Waals surface area contributed by atoms with Gasteiger partial charge in [-0.05, 0) is 39.3 Å². The van der Waals surface area contributed by atoms with Gasteiger partial charge in [0.05, 0.1) is 12.6 Å². The van der Waals surface area contributed by atoms with Gasteiger partial charge >= 0.3 is 0 Å². The van der Waals surface area contributed by atoms with Crippen LogP contribution in [0, 0.1) is 0 Å². The van der Waals surface area contributed by atoms with E-state index in [1.807, 2.05) is 18.2 Å². The van der Waals surface area contributed by atoms with E-state index in [0.717, 1.165) is 17.0 Å². The topological polar surface area (TPSA) is 70.6 Å². The van der Waals surface area contributed by atoms with Crippen LogP contribution >= 0.6 is 0 Å². The molecule has 2 rings (SSSR count). The summed E-state index contributed by atoms with van der Waals surface area (Å²) in [6.07, 6.45) is 1.17. The third-order valence-corrected chi connectivity index (χ3v) is 3.31. The first-order valence-electron chi connectivity index (χ1n) is 7.32. The first-order chi connectivity index (χ1) is 9.89. The lowest BCUT2D eigenvalue weighted by molar-refractivity contribution is -0.116. The van der Waals surface area contributed by atoms with E-state index in [9.17, 15) is 9.90 Å². The van der Waals surface area contributed by atoms with Crippen LogP contribution in [0.25, 0.3) is 0 Å². The van der Waals surface area contributed by atoms with E-state index in [2.05, 4.69) is 31.4 Å². The van der Waals surface area contributed by atoms with Gasteiger partial charge in [0.25, 0.3) is 0 Å². The molecule has 0 spiro atoms. The highest BCUT2D eigenvalue weighted by Crippen LogP contribution is 2.31. The Morgan fingerprint density at radius 3 is 2.81 bits per heavy atom. The molecule has 0 aromatic heterocycles. The lowest BCUT2D eigenvalue weighted by Crippen LogP contribution is -2.48. The number of benzene rings is 1. The molecule has 1 aliphatic heterocycles. The number of hydrogen-bond acceptors (Lipinski definition) is 4. The van der Waals surface area contributed by atoms with E-state index >= 15 is 0 Å². The Bertz CT molecular complexity index is 509. The van der Waals surface area contributed by atoms with Crippen molar-refractivity contribution in [1.29, 1.82) is 0 Å². The lowest BCUT2D eigenvalue weighted by Gasteiger charge is -2.28. The SMILES string of the molecule is CC(C)(C)NC(CO)COc1cccc2c1CCC(=O)N2. The van der Waals surface area contributed by atoms with Crippen molar-refractivity contribution in [3.8, 4) is 5.75 Å². The second-order valence-corrected chi connectivity index (χ2v) is 6.42. The van der Waals surface area contributed by atoms with Gasteiger partial charge in [0.2, 0.25) is 5.91 Å². The molecule has 0 fully saturated rings. The van der Waals surface area contributed by atoms with Gasteiger partial charge in [0, 0.05) is 23.2 Å². The standard InChI is InChI=1S/C16H24N2O3/c1-16(2,3)18-11(9-19)10-21-14-6-4-5-13-12(14)7-8-15(20)17-13/h4-6,11,18-19H,7-10H2,1-3H3,(H,17,20). The molecule has 0 aliphatic carbocycles. The van der Waals surface area contributed by atoms with Gasteiger partial charge < -0.3 is 20.5 Å². The summed E-state index contributed by atoms with van der Waals surface area (Å²) in [5.74, 6) is 0.823. The van der Waals surface area contributed by atoms with E-state index in [1.165, 1.54) is 0 Å². The first-order valence-corrected chi connectivity index (χ1v) is 7.32. The fourth-order valence-corrected chi connectivity index (χ4v) is 2.47. The largest absolute Gasteiger partial charge is 0.492 e. The minimum Gasteiger partial charge on any atom is -0.492 e. The summed E-state index contributed by atoms with van der Waals surface area (Å²) in [4.78, 5) is 11.4. The fraction of sp³-hybridized carbons (Fsp3) is 0.562. The highest BCUT2D eigenvalue weighted by Gasteiger charge is 2.20. The zero-order chi connectivity index (χ0) is 15.5. The molecular weight excluding hydrogens is 268 g/mol. The molecule has 1 heterocycles. The number of hydrogen-bond donors (Lipinski definition) is 3. The van der Waals surface area contributed by atoms with Crippen LogP contribution in [0.15, 0.2) is 18.2 Å². The highest BCUT2D eigenvalue weighted by atomic mass is 16.5. The van der Waals surface area contributed by atoms with Crippen LogP contribution in [0.5, 0.6) is 5.75 Å². The molecule has 1 aliphatic rings. The van der Waals surface area contributed by atoms with Crippen molar-refractivity contribution in [3.63, 3.8) is 0 Å². The molecule has 5 heteroatoms. The van der Waals surface area contributed by atoms with Gasteiger partial charge in [-0.25, -0.2) is 0 Å². The summed E-state index contributed by atoms with van der Waals surface area (Å²) in [5.41, 5.74) is 1.78. The summed E-state index contributed by atoms with van der Waals surface area (Å²) in [6, 6.07) is 5.53. The van der Waals surface area contributed by atoms with E-state index < -0.39 is 0 Å². The van der Waals surface area contributed by atoms with Gasteiger partial charge in [-0.15, -0.1) is 0 Å². The molecule has 0 saturated carbocycles. The Hall–Kier alpha value is -1.59. The molecular formula is C16H24N2O3. The molecule has 3 N–H and O–H groups in total. The number of carbonyl (C=O) groups excluding carboxylic acids is 1. The third-order valence-electron chi connectivity index (χ3n) is 3.31. The predicted molar refractivity (Wildman–Crippen MR) is 82.7 cm³/mol. The van der Waals surface area contributed by atoms with Crippen LogP contribution in [-0.4, -0.2) is 35.8 Å². The molecule has 1 aromatic rings. The lowest BCUT2D eigenvalue weighted by atomic mass is 10.0. The summed E-state index contributed by atoms with van der Waals surface area (Å²) >= 11 is 0. The Kier molecular flexibility index (Phi) is 4.85. The average molecular weight is 292 g/mol. The minimum atomic E-state index is -0.126. The zero-order valence-corrected chi connectivity index (χ0v) is 12.9. The molecule has 1 amide bonds. The van der Waals surface area contributed by atoms with Crippen LogP contribution in [0.2, 0.25) is 0 Å². The Labute approximate surface area is 125 Å². The van der Waals surface area contributed by atoms with Crippen molar-refractivity contribution in [2.24, 2.45) is 0 Å². The third kappa shape index (κ3) is 4.44. The average Bonchev–Trinajstić information content (AvgIpc) is 2.41. The van der Waals surface area contributed by atoms with Crippen molar-refractivity contribution in [2.75, 3.05) is 18.5 Å². The van der Waals surface area contributed by atoms with E-state index in [4.69, 9.17) is 4.74 Å². The van der Waals surface area contributed by atoms with Crippen molar-refractivity contribution in [3.05, 3.63) is 23.8 Å². The smallest absolute Gasteiger partial charge is 0.224 e. The number of rotatable bonds is 5. The van der Waals surface area contributed by atoms with E-state index in [-0.39, 0.29) is 24.1 Å². The van der Waals surface area contributed by atoms with Crippen LogP contribution in [0.3, 0.4) is 0 Å². The maximum absolute atomic E-state index is 11.4. The molecule has 1 aromatic carbocycles. The number of ether oxygens (including phenoxy) is 1. The van der Waals surface area contributed by atoms with Crippen molar-refractivity contribution in [2.45, 2.75) is 45.2 Å². The van der Waals surface area contributed by atoms with Crippen molar-refractivity contribution < 1.29 is 14.6 Å². The number of fused-ring (bicyclic) bond motifs is 1. The van der Waals surface area contributed by atoms with Crippen LogP contribution in [-0.2, 0) is 11.2 Å². The molecule has 116 valence electrons. The van der Waals surface area contributed by atoms with E-state index in [0.29, 0.717) is 19.4 Å². The predicted octanol–water partition coefficient (Wildman–Crippen LogP) is 1.70. The molecule has 0 bridgehead atoms. The normalized spacial score (nSPS) is 16.1. The van der Waals surface area contributed by atoms with Crippen molar-refractivity contribution in [1.82, 2.24) is 5.32 Å². The number of carbonyl (C=O) groups is 1. The van der Waals surface area contributed by atoms with E-state index in [1.54, 1.807) is 0 Å². The van der Waals surface area contributed by atoms with Gasteiger partial charge in [-0.3, -0.25) is 4.79 Å². The van der Waals surface area contributed by atoms with Crippen molar-refractivity contribution >= 4 is 11.6 Å². The number of anilines is 1. The molecule has 0 saturated heterocycles. The first kappa shape index (κ1) is 15.8. The second kappa shape index (κ2) is 6.45. The maximum atomic E-state index is 11.4. The summed E-state index contributed by atoms with van der Waals surface area (Å²) < 4.78 is 5.86. The summed E-state index contributed by atoms with van der Waals surface area (Å²) in [6.45, 7) is 6.56. The van der Waals surface area contributed by atoms with Gasteiger partial charge in [0.1, 0.15) is 12.4 Å². The number of nitrogens with one attached hydrogen (secondary N) is 2. The Balaban J connectivity index is 2.03. The Morgan fingerprint density at radius 1 is 1.38 bits per heavy atom. The highest BCUT2D eigenvalue weighted by molar-refractivity contribution is 5.94. The molecule has 0 radical (unpaired) electrons. The zero-order valence-electron chi connectivity index (χ0n) is 12.9. The molecule has 21 heavy (non-hydrogen) atoms.